The molecule has 0 radical (unpaired) electrons. The van der Waals surface area contributed by atoms with Crippen molar-refractivity contribution in [2.45, 2.75) is 13.8 Å². The van der Waals surface area contributed by atoms with E-state index in [2.05, 4.69) is 15.5 Å². The smallest absolute Gasteiger partial charge is 0.262 e. The lowest BCUT2D eigenvalue weighted by molar-refractivity contribution is -0.118. The number of carbonyl (C=O) groups is 1. The van der Waals surface area contributed by atoms with Gasteiger partial charge in [-0.05, 0) is 73.5 Å². The fourth-order valence-corrected chi connectivity index (χ4v) is 2.88. The molecule has 0 aliphatic carbocycles. The fraction of sp³-hybridized carbons (Fsp3) is 0.125. The second-order valence-electron chi connectivity index (χ2n) is 6.94. The van der Waals surface area contributed by atoms with Crippen molar-refractivity contribution in [3.8, 4) is 28.7 Å². The van der Waals surface area contributed by atoms with Crippen molar-refractivity contribution in [1.82, 2.24) is 10.2 Å². The van der Waals surface area contributed by atoms with Crippen LogP contribution in [0.4, 0.5) is 5.69 Å². The van der Waals surface area contributed by atoms with Gasteiger partial charge in [0.25, 0.3) is 5.91 Å². The molecule has 0 aliphatic heterocycles. The van der Waals surface area contributed by atoms with Crippen molar-refractivity contribution in [3.05, 3.63) is 83.9 Å². The molecule has 0 spiro atoms. The highest BCUT2D eigenvalue weighted by Crippen LogP contribution is 2.24. The van der Waals surface area contributed by atoms with Crippen LogP contribution in [-0.4, -0.2) is 22.7 Å². The van der Waals surface area contributed by atoms with Crippen LogP contribution >= 0.6 is 0 Å². The van der Waals surface area contributed by atoms with Crippen LogP contribution in [0, 0.1) is 13.8 Å². The van der Waals surface area contributed by atoms with Gasteiger partial charge in [-0.3, -0.25) is 4.79 Å². The van der Waals surface area contributed by atoms with E-state index in [0.29, 0.717) is 23.2 Å². The summed E-state index contributed by atoms with van der Waals surface area (Å²) in [6.45, 7) is 3.98. The van der Waals surface area contributed by atoms with Gasteiger partial charge in [-0.25, -0.2) is 0 Å². The summed E-state index contributed by atoms with van der Waals surface area (Å²) < 4.78 is 11.3. The van der Waals surface area contributed by atoms with Crippen LogP contribution in [0.15, 0.2) is 77.2 Å². The average molecular weight is 399 g/mol. The average Bonchev–Trinajstić information content (AvgIpc) is 3.26. The molecule has 1 N–H and O–H groups in total. The maximum Gasteiger partial charge on any atom is 0.262 e. The Morgan fingerprint density at radius 1 is 0.867 bits per heavy atom. The zero-order valence-corrected chi connectivity index (χ0v) is 16.8. The van der Waals surface area contributed by atoms with E-state index < -0.39 is 0 Å². The highest BCUT2D eigenvalue weighted by Gasteiger charge is 2.11. The zero-order valence-electron chi connectivity index (χ0n) is 16.8. The van der Waals surface area contributed by atoms with Crippen LogP contribution in [0.2, 0.25) is 0 Å². The van der Waals surface area contributed by atoms with Crippen molar-refractivity contribution in [2.24, 2.45) is 0 Å². The molecule has 0 saturated carbocycles. The van der Waals surface area contributed by atoms with Gasteiger partial charge in [0.05, 0.1) is 0 Å². The molecule has 1 aromatic heterocycles. The Kier molecular flexibility index (Phi) is 5.57. The lowest BCUT2D eigenvalue weighted by Gasteiger charge is -2.09. The Hall–Kier alpha value is -3.93. The molecular weight excluding hydrogens is 378 g/mol. The molecule has 0 atom stereocenters. The van der Waals surface area contributed by atoms with E-state index in [1.807, 2.05) is 74.5 Å². The predicted octanol–water partition coefficient (Wildman–Crippen LogP) is 5.04. The van der Waals surface area contributed by atoms with E-state index >= 15 is 0 Å². The van der Waals surface area contributed by atoms with Gasteiger partial charge in [0.2, 0.25) is 11.8 Å². The standard InChI is InChI=1S/C24H21N3O3/c1-16-8-13-21(14-17(16)2)29-15-22(28)25-20-11-9-19(10-12-20)24-27-26-23(30-24)18-6-4-3-5-7-18/h3-14H,15H2,1-2H3,(H,25,28). The third-order valence-corrected chi connectivity index (χ3v) is 4.71. The van der Waals surface area contributed by atoms with Crippen molar-refractivity contribution in [3.63, 3.8) is 0 Å². The van der Waals surface area contributed by atoms with Gasteiger partial charge in [-0.15, -0.1) is 10.2 Å². The third-order valence-electron chi connectivity index (χ3n) is 4.71. The van der Waals surface area contributed by atoms with Crippen LogP contribution in [0.1, 0.15) is 11.1 Å². The summed E-state index contributed by atoms with van der Waals surface area (Å²) in [6, 6.07) is 22.6. The molecular formula is C24H21N3O3. The van der Waals surface area contributed by atoms with Crippen LogP contribution < -0.4 is 10.1 Å². The lowest BCUT2D eigenvalue weighted by atomic mass is 10.1. The number of rotatable bonds is 6. The summed E-state index contributed by atoms with van der Waals surface area (Å²) in [5.74, 6) is 1.33. The Morgan fingerprint density at radius 2 is 1.53 bits per heavy atom. The van der Waals surface area contributed by atoms with Crippen molar-refractivity contribution < 1.29 is 13.9 Å². The first kappa shape index (κ1) is 19.4. The van der Waals surface area contributed by atoms with Crippen molar-refractivity contribution in [2.75, 3.05) is 11.9 Å². The van der Waals surface area contributed by atoms with Crippen LogP contribution in [-0.2, 0) is 4.79 Å². The summed E-state index contributed by atoms with van der Waals surface area (Å²) in [6.07, 6.45) is 0. The summed E-state index contributed by atoms with van der Waals surface area (Å²) >= 11 is 0. The first-order chi connectivity index (χ1) is 14.6. The molecule has 6 nitrogen and oxygen atoms in total. The van der Waals surface area contributed by atoms with E-state index in [4.69, 9.17) is 9.15 Å². The molecule has 3 aromatic carbocycles. The number of carbonyl (C=O) groups excluding carboxylic acids is 1. The molecule has 0 bridgehead atoms. The summed E-state index contributed by atoms with van der Waals surface area (Å²) in [4.78, 5) is 12.2. The Balaban J connectivity index is 1.36. The number of hydrogen-bond acceptors (Lipinski definition) is 5. The van der Waals surface area contributed by atoms with Crippen molar-refractivity contribution in [1.29, 1.82) is 0 Å². The summed E-state index contributed by atoms with van der Waals surface area (Å²) in [7, 11) is 0. The number of hydrogen-bond donors (Lipinski definition) is 1. The number of ether oxygens (including phenoxy) is 1. The van der Waals surface area contributed by atoms with Crippen molar-refractivity contribution >= 4 is 11.6 Å². The molecule has 0 aliphatic rings. The van der Waals surface area contributed by atoms with Crippen LogP contribution in [0.3, 0.4) is 0 Å². The largest absolute Gasteiger partial charge is 0.484 e. The molecule has 0 unspecified atom stereocenters. The summed E-state index contributed by atoms with van der Waals surface area (Å²) in [5.41, 5.74) is 4.61. The van der Waals surface area contributed by atoms with Gasteiger partial charge < -0.3 is 14.5 Å². The second kappa shape index (κ2) is 8.61. The quantitative estimate of drug-likeness (QED) is 0.492. The topological polar surface area (TPSA) is 77.2 Å². The van der Waals surface area contributed by atoms with Gasteiger partial charge >= 0.3 is 0 Å². The molecule has 30 heavy (non-hydrogen) atoms. The number of aromatic nitrogens is 2. The van der Waals surface area contributed by atoms with E-state index in [0.717, 1.165) is 16.7 Å². The Labute approximate surface area is 174 Å². The van der Waals surface area contributed by atoms with Gasteiger partial charge in [0.1, 0.15) is 5.75 Å². The molecule has 0 saturated heterocycles. The predicted molar refractivity (Wildman–Crippen MR) is 115 cm³/mol. The highest BCUT2D eigenvalue weighted by molar-refractivity contribution is 5.92. The molecule has 1 amide bonds. The zero-order chi connectivity index (χ0) is 20.9. The fourth-order valence-electron chi connectivity index (χ4n) is 2.88. The SMILES string of the molecule is Cc1ccc(OCC(=O)Nc2ccc(-c3nnc(-c4ccccc4)o3)cc2)cc1C. The van der Waals surface area contributed by atoms with E-state index in [1.54, 1.807) is 12.1 Å². The van der Waals surface area contributed by atoms with Gasteiger partial charge in [0, 0.05) is 16.8 Å². The van der Waals surface area contributed by atoms with Crippen LogP contribution in [0.25, 0.3) is 22.9 Å². The monoisotopic (exact) mass is 399 g/mol. The first-order valence-corrected chi connectivity index (χ1v) is 9.58. The van der Waals surface area contributed by atoms with Gasteiger partial charge in [-0.1, -0.05) is 24.3 Å². The third kappa shape index (κ3) is 4.55. The molecule has 6 heteroatoms. The van der Waals surface area contributed by atoms with Gasteiger partial charge in [0.15, 0.2) is 6.61 Å². The van der Waals surface area contributed by atoms with E-state index in [-0.39, 0.29) is 12.5 Å². The molecule has 150 valence electrons. The number of nitrogens with zero attached hydrogens (tertiary/aromatic N) is 2. The lowest BCUT2D eigenvalue weighted by Crippen LogP contribution is -2.20. The maximum absolute atomic E-state index is 12.2. The second-order valence-corrected chi connectivity index (χ2v) is 6.94. The molecule has 4 aromatic rings. The number of aryl methyl sites for hydroxylation is 2. The highest BCUT2D eigenvalue weighted by atomic mass is 16.5. The maximum atomic E-state index is 12.2. The summed E-state index contributed by atoms with van der Waals surface area (Å²) in [5, 5.41) is 11.0. The number of amides is 1. The minimum atomic E-state index is -0.231. The van der Waals surface area contributed by atoms with E-state index in [9.17, 15) is 4.79 Å². The van der Waals surface area contributed by atoms with Gasteiger partial charge in [-0.2, -0.15) is 0 Å². The first-order valence-electron chi connectivity index (χ1n) is 9.58. The molecule has 4 rings (SSSR count). The number of benzene rings is 3. The normalized spacial score (nSPS) is 10.6. The van der Waals surface area contributed by atoms with Crippen LogP contribution in [0.5, 0.6) is 5.75 Å². The minimum Gasteiger partial charge on any atom is -0.484 e. The Bertz CT molecular complexity index is 1150. The Morgan fingerprint density at radius 3 is 2.20 bits per heavy atom. The molecule has 0 fully saturated rings. The number of anilines is 1. The minimum absolute atomic E-state index is 0.0612. The van der Waals surface area contributed by atoms with E-state index in [1.165, 1.54) is 5.56 Å². The molecule has 1 heterocycles. The number of nitrogens with one attached hydrogen (secondary N) is 1.